The number of aromatic amines is 1. The third kappa shape index (κ3) is 18.9. The molecule has 2 aromatic rings. The zero-order valence-corrected chi connectivity index (χ0v) is 28.8. The molecule has 1 aromatic heterocycles. The Hall–Kier alpha value is -4.98. The molecule has 16 nitrogen and oxygen atoms in total. The molecule has 0 saturated carbocycles. The molecule has 2 rings (SSSR count). The van der Waals surface area contributed by atoms with Gasteiger partial charge in [0, 0.05) is 57.2 Å². The molecule has 1 heterocycles. The van der Waals surface area contributed by atoms with E-state index < -0.39 is 53.5 Å². The number of aromatic nitrogens is 2. The molecular formula is C32H45F4N7O9. The maximum absolute atomic E-state index is 13.5. The van der Waals surface area contributed by atoms with Gasteiger partial charge >= 0.3 is 24.1 Å². The molecular weight excluding hydrogens is 702 g/mol. The van der Waals surface area contributed by atoms with E-state index in [0.29, 0.717) is 51.1 Å². The Balaban J connectivity index is 1.32. The third-order valence-electron chi connectivity index (χ3n) is 6.71. The second-order valence-electron chi connectivity index (χ2n) is 11.1. The molecule has 0 atom stereocenters. The predicted octanol–water partition coefficient (Wildman–Crippen LogP) is 3.54. The number of H-pyrrole nitrogens is 1. The highest BCUT2D eigenvalue weighted by Gasteiger charge is 2.23. The number of urea groups is 2. The summed E-state index contributed by atoms with van der Waals surface area (Å²) in [5.74, 6) is -9.52. The molecule has 290 valence electrons. The van der Waals surface area contributed by atoms with Crippen LogP contribution in [0.3, 0.4) is 0 Å². The Morgan fingerprint density at radius 3 is 1.87 bits per heavy atom. The van der Waals surface area contributed by atoms with Gasteiger partial charge in [0.2, 0.25) is 23.3 Å². The molecule has 0 fully saturated rings. The first-order valence-corrected chi connectivity index (χ1v) is 16.7. The SMILES string of the molecule is Cc1cc(=O)[nH]c(NC(=O)NCCCCCCNC(=O)NCCCCNC(=O)OCCOCCCOCCC(=O)Oc2c(F)c(F)cc(F)c2F)n1. The molecule has 0 saturated heterocycles. The third-order valence-corrected chi connectivity index (χ3v) is 6.71. The summed E-state index contributed by atoms with van der Waals surface area (Å²) < 4.78 is 73.3. The summed E-state index contributed by atoms with van der Waals surface area (Å²) in [6.07, 6.45) is 3.91. The van der Waals surface area contributed by atoms with Gasteiger partial charge < -0.3 is 40.2 Å². The van der Waals surface area contributed by atoms with Crippen LogP contribution in [0, 0.1) is 30.2 Å². The fourth-order valence-corrected chi connectivity index (χ4v) is 4.17. The van der Waals surface area contributed by atoms with Crippen LogP contribution in [0.2, 0.25) is 0 Å². The fraction of sp³-hybridized carbons (Fsp3) is 0.562. The first-order chi connectivity index (χ1) is 25.0. The van der Waals surface area contributed by atoms with Crippen molar-refractivity contribution in [3.63, 3.8) is 0 Å². The molecule has 0 aliphatic carbocycles. The van der Waals surface area contributed by atoms with Crippen molar-refractivity contribution in [3.05, 3.63) is 51.4 Å². The molecule has 0 unspecified atom stereocenters. The van der Waals surface area contributed by atoms with Gasteiger partial charge in [0.1, 0.15) is 6.61 Å². The minimum absolute atomic E-state index is 0.00235. The van der Waals surface area contributed by atoms with E-state index in [1.165, 1.54) is 6.07 Å². The minimum atomic E-state index is -1.81. The second-order valence-corrected chi connectivity index (χ2v) is 11.1. The summed E-state index contributed by atoms with van der Waals surface area (Å²) in [6, 6.07) is 0.584. The van der Waals surface area contributed by atoms with Crippen LogP contribution in [0.1, 0.15) is 57.1 Å². The number of hydrogen-bond donors (Lipinski definition) is 6. The fourth-order valence-electron chi connectivity index (χ4n) is 4.17. The lowest BCUT2D eigenvalue weighted by atomic mass is 10.2. The summed E-state index contributed by atoms with van der Waals surface area (Å²) in [5.41, 5.74) is 0.144. The molecule has 0 aliphatic heterocycles. The second kappa shape index (κ2) is 25.1. The Bertz CT molecular complexity index is 1470. The Labute approximate surface area is 297 Å². The van der Waals surface area contributed by atoms with Crippen LogP contribution in [-0.2, 0) is 19.0 Å². The van der Waals surface area contributed by atoms with E-state index in [1.807, 2.05) is 0 Å². The normalized spacial score (nSPS) is 10.7. The van der Waals surface area contributed by atoms with Crippen LogP contribution in [0.5, 0.6) is 5.75 Å². The van der Waals surface area contributed by atoms with Crippen LogP contribution in [0.4, 0.5) is 37.9 Å². The van der Waals surface area contributed by atoms with Crippen molar-refractivity contribution in [3.8, 4) is 5.75 Å². The van der Waals surface area contributed by atoms with Crippen molar-refractivity contribution in [2.75, 3.05) is 64.5 Å². The number of amides is 5. The monoisotopic (exact) mass is 747 g/mol. The number of aryl methyl sites for hydroxylation is 1. The number of benzene rings is 1. The van der Waals surface area contributed by atoms with Crippen molar-refractivity contribution < 1.29 is 55.7 Å². The van der Waals surface area contributed by atoms with E-state index in [-0.39, 0.29) is 56.6 Å². The first kappa shape index (κ1) is 43.2. The van der Waals surface area contributed by atoms with Gasteiger partial charge in [-0.3, -0.25) is 19.9 Å². The molecule has 0 aliphatic rings. The van der Waals surface area contributed by atoms with Crippen molar-refractivity contribution in [1.82, 2.24) is 31.2 Å². The van der Waals surface area contributed by atoms with Crippen molar-refractivity contribution in [2.45, 2.75) is 58.3 Å². The van der Waals surface area contributed by atoms with Gasteiger partial charge in [0.15, 0.2) is 11.6 Å². The van der Waals surface area contributed by atoms with Crippen LogP contribution in [0.25, 0.3) is 0 Å². The van der Waals surface area contributed by atoms with Crippen molar-refractivity contribution in [1.29, 1.82) is 0 Å². The molecule has 6 N–H and O–H groups in total. The average Bonchev–Trinajstić information content (AvgIpc) is 3.08. The lowest BCUT2D eigenvalue weighted by Crippen LogP contribution is -2.36. The summed E-state index contributed by atoms with van der Waals surface area (Å²) in [4.78, 5) is 65.0. The number of unbranched alkanes of at least 4 members (excludes halogenated alkanes) is 4. The maximum Gasteiger partial charge on any atom is 0.407 e. The number of nitrogens with one attached hydrogen (secondary N) is 6. The number of ether oxygens (including phenoxy) is 4. The smallest absolute Gasteiger partial charge is 0.407 e. The average molecular weight is 748 g/mol. The van der Waals surface area contributed by atoms with Gasteiger partial charge in [-0.2, -0.15) is 8.78 Å². The summed E-state index contributed by atoms with van der Waals surface area (Å²) >= 11 is 0. The Morgan fingerprint density at radius 1 is 0.692 bits per heavy atom. The van der Waals surface area contributed by atoms with Crippen LogP contribution >= 0.6 is 0 Å². The van der Waals surface area contributed by atoms with Crippen LogP contribution in [-0.4, -0.2) is 93.3 Å². The number of hydrogen-bond acceptors (Lipinski definition) is 10. The quantitative estimate of drug-likeness (QED) is 0.0302. The topological polar surface area (TPSA) is 211 Å². The van der Waals surface area contributed by atoms with Gasteiger partial charge in [-0.05, 0) is 39.0 Å². The number of carbonyl (C=O) groups excluding carboxylic acids is 4. The van der Waals surface area contributed by atoms with E-state index >= 15 is 0 Å². The number of halogens is 4. The lowest BCUT2D eigenvalue weighted by Gasteiger charge is -2.09. The zero-order chi connectivity index (χ0) is 38.1. The number of anilines is 1. The number of esters is 1. The minimum Gasteiger partial charge on any atom is -0.447 e. The standard InChI is InChI=1S/C32H45F4N7O9/c1-21-19-24(44)42-29(41-21)43-31(47)39-11-5-3-2-4-10-37-30(46)38-12-6-7-13-40-32(48)51-18-17-50-15-8-14-49-16-9-25(45)52-28-26(35)22(33)20-23(34)27(28)36/h19-20H,2-18H2,1H3,(H,40,48)(H2,37,38,46)(H3,39,41,42,43,44,47). The van der Waals surface area contributed by atoms with Crippen molar-refractivity contribution in [2.24, 2.45) is 0 Å². The van der Waals surface area contributed by atoms with Gasteiger partial charge in [-0.1, -0.05) is 12.8 Å². The van der Waals surface area contributed by atoms with E-state index in [1.54, 1.807) is 6.92 Å². The molecule has 52 heavy (non-hydrogen) atoms. The van der Waals surface area contributed by atoms with E-state index in [2.05, 4.69) is 41.3 Å². The summed E-state index contributed by atoms with van der Waals surface area (Å²) in [5, 5.41) is 13.3. The molecule has 20 heteroatoms. The molecule has 0 spiro atoms. The van der Waals surface area contributed by atoms with Crippen LogP contribution < -0.4 is 36.9 Å². The largest absolute Gasteiger partial charge is 0.447 e. The highest BCUT2D eigenvalue weighted by Crippen LogP contribution is 2.26. The Kier molecular flexibility index (Phi) is 20.8. The zero-order valence-electron chi connectivity index (χ0n) is 28.8. The van der Waals surface area contributed by atoms with Gasteiger partial charge in [-0.25, -0.2) is 28.1 Å². The van der Waals surface area contributed by atoms with Gasteiger partial charge in [0.25, 0.3) is 5.56 Å². The molecule has 1 aromatic carbocycles. The first-order valence-electron chi connectivity index (χ1n) is 16.7. The number of rotatable bonds is 24. The highest BCUT2D eigenvalue weighted by molar-refractivity contribution is 5.87. The van der Waals surface area contributed by atoms with E-state index in [0.717, 1.165) is 25.7 Å². The van der Waals surface area contributed by atoms with Crippen molar-refractivity contribution >= 4 is 30.1 Å². The van der Waals surface area contributed by atoms with Gasteiger partial charge in [0.05, 0.1) is 19.6 Å². The highest BCUT2D eigenvalue weighted by atomic mass is 19.2. The van der Waals surface area contributed by atoms with E-state index in [4.69, 9.17) is 14.2 Å². The molecule has 5 amide bonds. The van der Waals surface area contributed by atoms with E-state index in [9.17, 15) is 41.5 Å². The summed E-state index contributed by atoms with van der Waals surface area (Å²) in [7, 11) is 0. The number of carbonyl (C=O) groups is 4. The van der Waals surface area contributed by atoms with Crippen LogP contribution in [0.15, 0.2) is 16.9 Å². The predicted molar refractivity (Wildman–Crippen MR) is 178 cm³/mol. The Morgan fingerprint density at radius 2 is 1.25 bits per heavy atom. The number of alkyl carbamates (subject to hydrolysis) is 1. The van der Waals surface area contributed by atoms with Gasteiger partial charge in [-0.15, -0.1) is 0 Å². The summed E-state index contributed by atoms with van der Waals surface area (Å²) in [6.45, 7) is 3.81. The molecule has 0 bridgehead atoms. The number of nitrogens with zero attached hydrogens (tertiary/aromatic N) is 1. The molecule has 0 radical (unpaired) electrons. The lowest BCUT2D eigenvalue weighted by molar-refractivity contribution is -0.136. The maximum atomic E-state index is 13.5.